The summed E-state index contributed by atoms with van der Waals surface area (Å²) in [6, 6.07) is 8.54. The van der Waals surface area contributed by atoms with E-state index < -0.39 is 41.1 Å². The van der Waals surface area contributed by atoms with E-state index in [1.54, 1.807) is 24.5 Å². The molecule has 3 aromatic rings. The fraction of sp³-hybridized carbons (Fsp3) is 0.308. The molecule has 5 rings (SSSR count). The normalized spacial score (nSPS) is 18.7. The highest BCUT2D eigenvalue weighted by Gasteiger charge is 2.54. The predicted molar refractivity (Wildman–Crippen MR) is 125 cm³/mol. The van der Waals surface area contributed by atoms with Crippen molar-refractivity contribution in [2.24, 2.45) is 0 Å². The maximum absolute atomic E-state index is 14.2. The maximum atomic E-state index is 14.2. The van der Waals surface area contributed by atoms with E-state index in [0.717, 1.165) is 17.7 Å². The number of pyridine rings is 1. The van der Waals surface area contributed by atoms with Crippen LogP contribution in [0.1, 0.15) is 39.3 Å². The summed E-state index contributed by atoms with van der Waals surface area (Å²) in [6.45, 7) is 0.472. The molecule has 192 valence electrons. The zero-order chi connectivity index (χ0) is 26.0. The first kappa shape index (κ1) is 24.6. The van der Waals surface area contributed by atoms with Gasteiger partial charge >= 0.3 is 0 Å². The zero-order valence-electron chi connectivity index (χ0n) is 19.7. The Hall–Kier alpha value is -4.12. The molecule has 1 atom stereocenters. The molecule has 0 saturated carbocycles. The Labute approximate surface area is 211 Å². The Bertz CT molecular complexity index is 1290. The number of amides is 3. The number of nitrogens with one attached hydrogen (secondary N) is 1. The number of likely N-dealkylation sites (tertiary alicyclic amines) is 1. The first-order valence-corrected chi connectivity index (χ1v) is 11.8. The van der Waals surface area contributed by atoms with Crippen LogP contribution in [0, 0.1) is 11.6 Å². The molecule has 1 spiro atoms. The van der Waals surface area contributed by atoms with Crippen LogP contribution >= 0.6 is 0 Å². The summed E-state index contributed by atoms with van der Waals surface area (Å²) >= 11 is 0. The van der Waals surface area contributed by atoms with Crippen molar-refractivity contribution in [1.29, 1.82) is 0 Å². The van der Waals surface area contributed by atoms with Crippen LogP contribution in [0.25, 0.3) is 0 Å². The molecule has 0 bridgehead atoms. The van der Waals surface area contributed by atoms with E-state index in [1.165, 1.54) is 22.1 Å². The van der Waals surface area contributed by atoms with Gasteiger partial charge in [0.15, 0.2) is 5.76 Å². The first-order valence-electron chi connectivity index (χ1n) is 11.8. The molecular weight excluding hydrogens is 486 g/mol. The summed E-state index contributed by atoms with van der Waals surface area (Å²) in [4.78, 5) is 46.4. The van der Waals surface area contributed by atoms with Crippen molar-refractivity contribution in [3.05, 3.63) is 89.6 Å². The number of benzene rings is 1. The van der Waals surface area contributed by atoms with Gasteiger partial charge in [-0.15, -0.1) is 0 Å². The second kappa shape index (κ2) is 10.1. The van der Waals surface area contributed by atoms with Crippen LogP contribution in [0.2, 0.25) is 0 Å². The van der Waals surface area contributed by atoms with Crippen LogP contribution < -0.4 is 5.32 Å². The minimum Gasteiger partial charge on any atom is -0.459 e. The van der Waals surface area contributed by atoms with Gasteiger partial charge in [-0.05, 0) is 35.9 Å². The van der Waals surface area contributed by atoms with E-state index in [2.05, 4.69) is 10.3 Å². The number of aromatic nitrogens is 1. The lowest BCUT2D eigenvalue weighted by molar-refractivity contribution is -0.128. The minimum absolute atomic E-state index is 0.0359. The fourth-order valence-corrected chi connectivity index (χ4v) is 4.79. The molecule has 1 unspecified atom stereocenters. The Morgan fingerprint density at radius 3 is 2.57 bits per heavy atom. The molecule has 11 heteroatoms. The molecule has 4 heterocycles. The maximum Gasteiger partial charge on any atom is 0.292 e. The average Bonchev–Trinajstić information content (AvgIpc) is 3.57. The minimum atomic E-state index is -1.15. The number of hydrogen-bond acceptors (Lipinski definition) is 6. The Morgan fingerprint density at radius 1 is 1.08 bits per heavy atom. The molecule has 0 aliphatic carbocycles. The third kappa shape index (κ3) is 4.82. The molecule has 37 heavy (non-hydrogen) atoms. The summed E-state index contributed by atoms with van der Waals surface area (Å²) in [7, 11) is 0. The lowest BCUT2D eigenvalue weighted by atomic mass is 9.96. The molecule has 2 aromatic heterocycles. The molecule has 9 nitrogen and oxygen atoms in total. The van der Waals surface area contributed by atoms with E-state index in [0.29, 0.717) is 6.07 Å². The van der Waals surface area contributed by atoms with Gasteiger partial charge in [-0.25, -0.2) is 8.78 Å². The fourth-order valence-electron chi connectivity index (χ4n) is 4.79. The molecule has 2 fully saturated rings. The van der Waals surface area contributed by atoms with Gasteiger partial charge in [-0.2, -0.15) is 0 Å². The monoisotopic (exact) mass is 510 g/mol. The highest BCUT2D eigenvalue weighted by atomic mass is 19.1. The third-order valence-electron chi connectivity index (χ3n) is 6.70. The summed E-state index contributed by atoms with van der Waals surface area (Å²) in [5, 5.41) is 2.83. The van der Waals surface area contributed by atoms with Crippen LogP contribution in [-0.4, -0.2) is 64.0 Å². The topological polar surface area (TPSA) is 105 Å². The van der Waals surface area contributed by atoms with Gasteiger partial charge in [0.2, 0.25) is 5.91 Å². The van der Waals surface area contributed by atoms with Crippen LogP contribution in [0.5, 0.6) is 0 Å². The number of furan rings is 1. The SMILES string of the molecule is O=C(NCc1cccnc1)C1COC2(CCN(C(=O)c3ccc(F)cc3F)CC2)N1C(=O)c1ccco1. The van der Waals surface area contributed by atoms with Crippen LogP contribution in [-0.2, 0) is 16.1 Å². The molecule has 2 saturated heterocycles. The number of nitrogens with zero attached hydrogens (tertiary/aromatic N) is 3. The third-order valence-corrected chi connectivity index (χ3v) is 6.70. The first-order chi connectivity index (χ1) is 17.9. The van der Waals surface area contributed by atoms with Crippen molar-refractivity contribution < 1.29 is 32.3 Å². The quantitative estimate of drug-likeness (QED) is 0.566. The summed E-state index contributed by atoms with van der Waals surface area (Å²) in [5.41, 5.74) is -0.590. The highest BCUT2D eigenvalue weighted by Crippen LogP contribution is 2.39. The van der Waals surface area contributed by atoms with Gasteiger partial charge in [0.05, 0.1) is 18.4 Å². The lowest BCUT2D eigenvalue weighted by Gasteiger charge is -2.44. The smallest absolute Gasteiger partial charge is 0.292 e. The van der Waals surface area contributed by atoms with E-state index in [4.69, 9.17) is 9.15 Å². The second-order valence-electron chi connectivity index (χ2n) is 8.92. The van der Waals surface area contributed by atoms with Crippen molar-refractivity contribution in [3.63, 3.8) is 0 Å². The molecule has 3 amide bonds. The van der Waals surface area contributed by atoms with Gasteiger partial charge < -0.3 is 19.4 Å². The lowest BCUT2D eigenvalue weighted by Crippen LogP contribution is -2.59. The molecule has 1 aromatic carbocycles. The van der Waals surface area contributed by atoms with E-state index in [-0.39, 0.29) is 50.4 Å². The summed E-state index contributed by atoms with van der Waals surface area (Å²) in [5.74, 6) is -3.14. The standard InChI is InChI=1S/C26H24F2N4O5/c27-18-5-6-19(20(28)13-18)24(34)31-10-7-26(8-11-31)32(25(35)22-4-2-12-36-22)21(16-37-26)23(33)30-15-17-3-1-9-29-14-17/h1-6,9,12-14,21H,7-8,10-11,15-16H2,(H,30,33). The van der Waals surface area contributed by atoms with Crippen molar-refractivity contribution in [2.45, 2.75) is 31.2 Å². The van der Waals surface area contributed by atoms with Gasteiger partial charge in [0.25, 0.3) is 11.8 Å². The molecular formula is C26H24F2N4O5. The number of carbonyl (C=O) groups is 3. The number of piperidine rings is 1. The Kier molecular flexibility index (Phi) is 6.70. The zero-order valence-corrected chi connectivity index (χ0v) is 19.7. The van der Waals surface area contributed by atoms with Gasteiger partial charge in [0, 0.05) is 50.9 Å². The molecule has 1 N–H and O–H groups in total. The van der Waals surface area contributed by atoms with E-state index in [1.807, 2.05) is 6.07 Å². The van der Waals surface area contributed by atoms with Crippen LogP contribution in [0.3, 0.4) is 0 Å². The van der Waals surface area contributed by atoms with Crippen molar-refractivity contribution >= 4 is 17.7 Å². The number of hydrogen-bond donors (Lipinski definition) is 1. The number of carbonyl (C=O) groups excluding carboxylic acids is 3. The largest absolute Gasteiger partial charge is 0.459 e. The van der Waals surface area contributed by atoms with Crippen LogP contribution in [0.4, 0.5) is 8.78 Å². The van der Waals surface area contributed by atoms with E-state index >= 15 is 0 Å². The second-order valence-corrected chi connectivity index (χ2v) is 8.92. The van der Waals surface area contributed by atoms with Gasteiger partial charge in [0.1, 0.15) is 23.4 Å². The number of ether oxygens (including phenoxy) is 1. The van der Waals surface area contributed by atoms with Gasteiger partial charge in [-0.1, -0.05) is 6.07 Å². The highest BCUT2D eigenvalue weighted by molar-refractivity contribution is 5.97. The Morgan fingerprint density at radius 2 is 1.89 bits per heavy atom. The van der Waals surface area contributed by atoms with Crippen molar-refractivity contribution in [2.75, 3.05) is 19.7 Å². The average molecular weight is 510 g/mol. The molecule has 2 aliphatic rings. The van der Waals surface area contributed by atoms with Gasteiger partial charge in [-0.3, -0.25) is 24.3 Å². The summed E-state index contributed by atoms with van der Waals surface area (Å²) < 4.78 is 38.9. The van der Waals surface area contributed by atoms with E-state index in [9.17, 15) is 23.2 Å². The Balaban J connectivity index is 1.34. The molecule has 2 aliphatic heterocycles. The summed E-state index contributed by atoms with van der Waals surface area (Å²) in [6.07, 6.45) is 5.02. The van der Waals surface area contributed by atoms with Crippen molar-refractivity contribution in [3.8, 4) is 0 Å². The van der Waals surface area contributed by atoms with Crippen molar-refractivity contribution in [1.82, 2.24) is 20.1 Å². The van der Waals surface area contributed by atoms with Crippen LogP contribution in [0.15, 0.2) is 65.5 Å². The molecule has 0 radical (unpaired) electrons. The number of halogens is 2. The number of rotatable bonds is 5. The predicted octanol–water partition coefficient (Wildman–Crippen LogP) is 2.74.